The van der Waals surface area contributed by atoms with E-state index in [-0.39, 0.29) is 23.6 Å². The van der Waals surface area contributed by atoms with Crippen molar-refractivity contribution in [2.24, 2.45) is 0 Å². The molecule has 0 aliphatic carbocycles. The zero-order chi connectivity index (χ0) is 19.1. The predicted octanol–water partition coefficient (Wildman–Crippen LogP) is 3.49. The first-order valence-electron chi connectivity index (χ1n) is 7.82. The van der Waals surface area contributed by atoms with Crippen LogP contribution in [0.15, 0.2) is 36.4 Å². The smallest absolute Gasteiger partial charge is 0.258 e. The van der Waals surface area contributed by atoms with Crippen LogP contribution in [0.4, 0.5) is 0 Å². The lowest BCUT2D eigenvalue weighted by atomic mass is 10.1. The van der Waals surface area contributed by atoms with Crippen molar-refractivity contribution in [3.63, 3.8) is 0 Å². The van der Waals surface area contributed by atoms with Gasteiger partial charge in [-0.2, -0.15) is 5.26 Å². The molecule has 1 N–H and O–H groups in total. The van der Waals surface area contributed by atoms with Crippen molar-refractivity contribution in [2.75, 3.05) is 20.8 Å². The lowest BCUT2D eigenvalue weighted by Crippen LogP contribution is -2.31. The van der Waals surface area contributed by atoms with E-state index in [4.69, 9.17) is 31.1 Å². The van der Waals surface area contributed by atoms with Crippen LogP contribution in [0.5, 0.6) is 17.2 Å². The third kappa shape index (κ3) is 4.80. The number of methoxy groups -OCH3 is 2. The summed E-state index contributed by atoms with van der Waals surface area (Å²) in [5, 5.41) is 11.9. The lowest BCUT2D eigenvalue weighted by Gasteiger charge is -2.18. The van der Waals surface area contributed by atoms with Crippen LogP contribution in [0.25, 0.3) is 0 Å². The van der Waals surface area contributed by atoms with E-state index in [1.54, 1.807) is 38.5 Å². The standard InChI is InChI=1S/C19H19ClN2O4/c1-12(15-9-14(24-2)5-7-17(15)25-3)22-19(23)11-26-18-6-4-13(10-21)8-16(18)20/h4-9,12H,11H2,1-3H3,(H,22,23). The number of nitrogens with zero attached hydrogens (tertiary/aromatic N) is 1. The number of ether oxygens (including phenoxy) is 3. The predicted molar refractivity (Wildman–Crippen MR) is 97.8 cm³/mol. The topological polar surface area (TPSA) is 80.6 Å². The van der Waals surface area contributed by atoms with Gasteiger partial charge in [-0.1, -0.05) is 11.6 Å². The van der Waals surface area contributed by atoms with Gasteiger partial charge in [0.05, 0.1) is 36.9 Å². The van der Waals surface area contributed by atoms with E-state index in [1.807, 2.05) is 19.1 Å². The third-order valence-electron chi connectivity index (χ3n) is 3.70. The minimum atomic E-state index is -0.317. The monoisotopic (exact) mass is 374 g/mol. The van der Waals surface area contributed by atoms with Crippen LogP contribution in [0.1, 0.15) is 24.1 Å². The zero-order valence-electron chi connectivity index (χ0n) is 14.7. The molecule has 7 heteroatoms. The van der Waals surface area contributed by atoms with E-state index in [0.29, 0.717) is 22.8 Å². The summed E-state index contributed by atoms with van der Waals surface area (Å²) < 4.78 is 16.0. The molecule has 0 radical (unpaired) electrons. The first-order valence-corrected chi connectivity index (χ1v) is 8.20. The number of hydrogen-bond acceptors (Lipinski definition) is 5. The molecule has 1 unspecified atom stereocenters. The van der Waals surface area contributed by atoms with E-state index >= 15 is 0 Å². The van der Waals surface area contributed by atoms with Crippen molar-refractivity contribution in [2.45, 2.75) is 13.0 Å². The van der Waals surface area contributed by atoms with E-state index in [9.17, 15) is 4.79 Å². The Hall–Kier alpha value is -2.91. The third-order valence-corrected chi connectivity index (χ3v) is 4.00. The second-order valence-electron chi connectivity index (χ2n) is 5.44. The van der Waals surface area contributed by atoms with Crippen molar-refractivity contribution < 1.29 is 19.0 Å². The van der Waals surface area contributed by atoms with Crippen molar-refractivity contribution in [3.8, 4) is 23.3 Å². The Morgan fingerprint density at radius 1 is 1.19 bits per heavy atom. The largest absolute Gasteiger partial charge is 0.497 e. The number of halogens is 1. The number of amides is 1. The fraction of sp³-hybridized carbons (Fsp3) is 0.263. The van der Waals surface area contributed by atoms with Crippen LogP contribution in [0, 0.1) is 11.3 Å². The maximum atomic E-state index is 12.2. The highest BCUT2D eigenvalue weighted by molar-refractivity contribution is 6.32. The van der Waals surface area contributed by atoms with Gasteiger partial charge in [0, 0.05) is 5.56 Å². The molecule has 0 saturated carbocycles. The Labute approximate surface area is 157 Å². The molecule has 0 aliphatic rings. The first-order chi connectivity index (χ1) is 12.5. The minimum Gasteiger partial charge on any atom is -0.497 e. The van der Waals surface area contributed by atoms with Crippen molar-refractivity contribution in [3.05, 3.63) is 52.5 Å². The molecule has 136 valence electrons. The van der Waals surface area contributed by atoms with Gasteiger partial charge in [-0.15, -0.1) is 0 Å². The van der Waals surface area contributed by atoms with E-state index in [0.717, 1.165) is 5.56 Å². The molecule has 0 fully saturated rings. The van der Waals surface area contributed by atoms with Crippen molar-refractivity contribution in [1.29, 1.82) is 5.26 Å². The Bertz CT molecular complexity index is 833. The number of carbonyl (C=O) groups excluding carboxylic acids is 1. The molecule has 2 aromatic rings. The zero-order valence-corrected chi connectivity index (χ0v) is 15.5. The molecule has 0 heterocycles. The number of nitriles is 1. The summed E-state index contributed by atoms with van der Waals surface area (Å²) in [5.74, 6) is 1.34. The van der Waals surface area contributed by atoms with E-state index in [1.165, 1.54) is 6.07 Å². The number of rotatable bonds is 7. The Kier molecular flexibility index (Phi) is 6.70. The Morgan fingerprint density at radius 2 is 1.92 bits per heavy atom. The average Bonchev–Trinajstić information content (AvgIpc) is 2.66. The van der Waals surface area contributed by atoms with E-state index < -0.39 is 0 Å². The lowest BCUT2D eigenvalue weighted by molar-refractivity contribution is -0.123. The fourth-order valence-corrected chi connectivity index (χ4v) is 2.60. The number of nitrogens with one attached hydrogen (secondary N) is 1. The average molecular weight is 375 g/mol. The van der Waals surface area contributed by atoms with Crippen LogP contribution in [0.2, 0.25) is 5.02 Å². The number of hydrogen-bond donors (Lipinski definition) is 1. The number of benzene rings is 2. The highest BCUT2D eigenvalue weighted by atomic mass is 35.5. The molecule has 0 spiro atoms. The minimum absolute atomic E-state index is 0.206. The molecule has 26 heavy (non-hydrogen) atoms. The molecule has 2 rings (SSSR count). The Balaban J connectivity index is 2.00. The van der Waals surface area contributed by atoms with Crippen LogP contribution < -0.4 is 19.5 Å². The van der Waals surface area contributed by atoms with Crippen LogP contribution in [0.3, 0.4) is 0 Å². The summed E-state index contributed by atoms with van der Waals surface area (Å²) in [6.07, 6.45) is 0. The Morgan fingerprint density at radius 3 is 2.54 bits per heavy atom. The molecular weight excluding hydrogens is 356 g/mol. The molecule has 0 aromatic heterocycles. The molecule has 6 nitrogen and oxygen atoms in total. The maximum absolute atomic E-state index is 12.2. The van der Waals surface area contributed by atoms with Gasteiger partial charge in [0.1, 0.15) is 17.2 Å². The summed E-state index contributed by atoms with van der Waals surface area (Å²) >= 11 is 6.03. The van der Waals surface area contributed by atoms with Crippen LogP contribution in [-0.4, -0.2) is 26.7 Å². The quantitative estimate of drug-likeness (QED) is 0.802. The molecule has 0 saturated heterocycles. The molecule has 1 atom stereocenters. The molecule has 1 amide bonds. The van der Waals surface area contributed by atoms with Gasteiger partial charge in [0.2, 0.25) is 0 Å². The molecule has 0 bridgehead atoms. The van der Waals surface area contributed by atoms with Gasteiger partial charge in [0.25, 0.3) is 5.91 Å². The molecule has 2 aromatic carbocycles. The fourth-order valence-electron chi connectivity index (χ4n) is 2.37. The highest BCUT2D eigenvalue weighted by Crippen LogP contribution is 2.29. The van der Waals surface area contributed by atoms with Crippen molar-refractivity contribution >= 4 is 17.5 Å². The first kappa shape index (κ1) is 19.4. The van der Waals surface area contributed by atoms with Gasteiger partial charge < -0.3 is 19.5 Å². The number of carbonyl (C=O) groups is 1. The van der Waals surface area contributed by atoms with Gasteiger partial charge >= 0.3 is 0 Å². The maximum Gasteiger partial charge on any atom is 0.258 e. The van der Waals surface area contributed by atoms with Gasteiger partial charge in [-0.25, -0.2) is 0 Å². The van der Waals surface area contributed by atoms with Gasteiger partial charge in [0.15, 0.2) is 6.61 Å². The van der Waals surface area contributed by atoms with Crippen molar-refractivity contribution in [1.82, 2.24) is 5.32 Å². The summed E-state index contributed by atoms with van der Waals surface area (Å²) in [6.45, 7) is 1.63. The van der Waals surface area contributed by atoms with Crippen LogP contribution >= 0.6 is 11.6 Å². The molecular formula is C19H19ClN2O4. The van der Waals surface area contributed by atoms with Gasteiger partial charge in [-0.05, 0) is 43.3 Å². The SMILES string of the molecule is COc1ccc(OC)c(C(C)NC(=O)COc2ccc(C#N)cc2Cl)c1. The van der Waals surface area contributed by atoms with E-state index in [2.05, 4.69) is 5.32 Å². The summed E-state index contributed by atoms with van der Waals surface area (Å²) in [4.78, 5) is 12.2. The second kappa shape index (κ2) is 8.97. The second-order valence-corrected chi connectivity index (χ2v) is 5.85. The normalized spacial score (nSPS) is 11.2. The molecule has 0 aliphatic heterocycles. The van der Waals surface area contributed by atoms with Crippen LogP contribution in [-0.2, 0) is 4.79 Å². The summed E-state index contributed by atoms with van der Waals surface area (Å²) in [6, 6.07) is 11.7. The summed E-state index contributed by atoms with van der Waals surface area (Å²) in [7, 11) is 3.14. The van der Waals surface area contributed by atoms with Gasteiger partial charge in [-0.3, -0.25) is 4.79 Å². The summed E-state index contributed by atoms with van der Waals surface area (Å²) in [5.41, 5.74) is 1.21. The highest BCUT2D eigenvalue weighted by Gasteiger charge is 2.16.